The molecule has 0 aromatic carbocycles. The van der Waals surface area contributed by atoms with Gasteiger partial charge in [0.05, 0.1) is 18.8 Å². The van der Waals surface area contributed by atoms with E-state index in [0.29, 0.717) is 6.54 Å². The van der Waals surface area contributed by atoms with E-state index in [-0.39, 0.29) is 11.7 Å². The lowest BCUT2D eigenvalue weighted by molar-refractivity contribution is -0.0417. The van der Waals surface area contributed by atoms with Gasteiger partial charge in [-0.05, 0) is 52.9 Å². The monoisotopic (exact) mass is 283 g/mol. The van der Waals surface area contributed by atoms with E-state index in [1.54, 1.807) is 4.90 Å². The zero-order valence-electron chi connectivity index (χ0n) is 13.4. The Labute approximate surface area is 122 Å². The molecule has 20 heavy (non-hydrogen) atoms. The number of nitrogens with zero attached hydrogens (tertiary/aromatic N) is 1. The van der Waals surface area contributed by atoms with Crippen molar-refractivity contribution in [2.24, 2.45) is 5.92 Å². The predicted molar refractivity (Wildman–Crippen MR) is 78.7 cm³/mol. The van der Waals surface area contributed by atoms with Gasteiger partial charge in [-0.25, -0.2) is 4.79 Å². The number of carbonyl (C=O) groups is 1. The van der Waals surface area contributed by atoms with E-state index in [1.165, 1.54) is 25.7 Å². The van der Waals surface area contributed by atoms with Gasteiger partial charge in [0, 0.05) is 6.54 Å². The fraction of sp³-hybridized carbons (Fsp3) is 0.938. The van der Waals surface area contributed by atoms with Crippen LogP contribution in [0.2, 0.25) is 0 Å². The van der Waals surface area contributed by atoms with Gasteiger partial charge in [0.1, 0.15) is 5.60 Å². The molecule has 4 nitrogen and oxygen atoms in total. The van der Waals surface area contributed by atoms with Crippen molar-refractivity contribution >= 4 is 6.09 Å². The number of hydrogen-bond donors (Lipinski definition) is 0. The molecule has 2 rings (SSSR count). The van der Waals surface area contributed by atoms with Gasteiger partial charge in [0.15, 0.2) is 0 Å². The number of likely N-dealkylation sites (tertiary alicyclic amines) is 1. The molecule has 1 saturated carbocycles. The van der Waals surface area contributed by atoms with E-state index >= 15 is 0 Å². The highest BCUT2D eigenvalue weighted by Gasteiger charge is 2.39. The maximum atomic E-state index is 12.1. The van der Waals surface area contributed by atoms with Crippen molar-refractivity contribution < 1.29 is 14.3 Å². The van der Waals surface area contributed by atoms with Crippen LogP contribution in [-0.2, 0) is 9.47 Å². The molecule has 1 saturated heterocycles. The molecule has 0 aromatic heterocycles. The Morgan fingerprint density at radius 3 is 2.55 bits per heavy atom. The lowest BCUT2D eigenvalue weighted by Crippen LogP contribution is -2.39. The first-order valence-electron chi connectivity index (χ1n) is 7.89. The van der Waals surface area contributed by atoms with E-state index < -0.39 is 5.60 Å². The molecule has 1 unspecified atom stereocenters. The lowest BCUT2D eigenvalue weighted by atomic mass is 10.1. The van der Waals surface area contributed by atoms with E-state index in [2.05, 4.69) is 6.92 Å². The summed E-state index contributed by atoms with van der Waals surface area (Å²) >= 11 is 0. The number of hydrogen-bond acceptors (Lipinski definition) is 3. The number of rotatable bonds is 3. The summed E-state index contributed by atoms with van der Waals surface area (Å²) in [4.78, 5) is 13.8. The van der Waals surface area contributed by atoms with Crippen LogP contribution in [0.5, 0.6) is 0 Å². The summed E-state index contributed by atoms with van der Waals surface area (Å²) in [7, 11) is 0. The lowest BCUT2D eigenvalue weighted by Gasteiger charge is -2.28. The van der Waals surface area contributed by atoms with Gasteiger partial charge in [-0.2, -0.15) is 0 Å². The van der Waals surface area contributed by atoms with Crippen LogP contribution in [0.25, 0.3) is 0 Å². The van der Waals surface area contributed by atoms with Gasteiger partial charge in [0.2, 0.25) is 0 Å². The Morgan fingerprint density at radius 1 is 1.30 bits per heavy atom. The molecule has 4 heteroatoms. The van der Waals surface area contributed by atoms with E-state index in [0.717, 1.165) is 25.5 Å². The van der Waals surface area contributed by atoms with Gasteiger partial charge in [0.25, 0.3) is 0 Å². The van der Waals surface area contributed by atoms with Crippen LogP contribution < -0.4 is 0 Å². The molecule has 1 heterocycles. The SMILES string of the molecule is CC(C)(C)OC(=O)N1CCC(C)(OCC2CCCC2)C1. The van der Waals surface area contributed by atoms with Gasteiger partial charge >= 0.3 is 6.09 Å². The molecule has 1 aliphatic carbocycles. The van der Waals surface area contributed by atoms with Gasteiger partial charge in [-0.3, -0.25) is 0 Å². The van der Waals surface area contributed by atoms with Crippen LogP contribution in [-0.4, -0.2) is 41.9 Å². The molecule has 0 spiro atoms. The van der Waals surface area contributed by atoms with Crippen molar-refractivity contribution in [3.05, 3.63) is 0 Å². The summed E-state index contributed by atoms with van der Waals surface area (Å²) < 4.78 is 11.6. The summed E-state index contributed by atoms with van der Waals surface area (Å²) in [5.74, 6) is 0.724. The average Bonchev–Trinajstić information content (AvgIpc) is 2.94. The Morgan fingerprint density at radius 2 is 1.95 bits per heavy atom. The first-order chi connectivity index (χ1) is 9.27. The first-order valence-corrected chi connectivity index (χ1v) is 7.89. The molecular weight excluding hydrogens is 254 g/mol. The first kappa shape index (κ1) is 15.6. The maximum absolute atomic E-state index is 12.1. The molecule has 2 fully saturated rings. The summed E-state index contributed by atoms with van der Waals surface area (Å²) in [6.07, 6.45) is 5.96. The van der Waals surface area contributed by atoms with Crippen molar-refractivity contribution in [1.29, 1.82) is 0 Å². The second-order valence-corrected chi connectivity index (χ2v) is 7.56. The van der Waals surface area contributed by atoms with Crippen molar-refractivity contribution in [2.45, 2.75) is 71.0 Å². The maximum Gasteiger partial charge on any atom is 0.410 e. The second kappa shape index (κ2) is 5.92. The van der Waals surface area contributed by atoms with Crippen molar-refractivity contribution in [3.63, 3.8) is 0 Å². The highest BCUT2D eigenvalue weighted by Crippen LogP contribution is 2.30. The van der Waals surface area contributed by atoms with Gasteiger partial charge in [-0.1, -0.05) is 12.8 Å². The van der Waals surface area contributed by atoms with Crippen molar-refractivity contribution in [3.8, 4) is 0 Å². The molecule has 1 aliphatic heterocycles. The van der Waals surface area contributed by atoms with Crippen LogP contribution in [0, 0.1) is 5.92 Å². The quantitative estimate of drug-likeness (QED) is 0.794. The second-order valence-electron chi connectivity index (χ2n) is 7.56. The molecule has 1 amide bonds. The largest absolute Gasteiger partial charge is 0.444 e. The average molecular weight is 283 g/mol. The Hall–Kier alpha value is -0.770. The molecule has 0 bridgehead atoms. The minimum Gasteiger partial charge on any atom is -0.444 e. The standard InChI is InChI=1S/C16H29NO3/c1-15(2,3)20-14(18)17-10-9-16(4,12-17)19-11-13-7-5-6-8-13/h13H,5-12H2,1-4H3. The van der Waals surface area contributed by atoms with E-state index in [9.17, 15) is 4.79 Å². The van der Waals surface area contributed by atoms with Gasteiger partial charge < -0.3 is 14.4 Å². The molecule has 1 atom stereocenters. The van der Waals surface area contributed by atoms with Crippen LogP contribution in [0.3, 0.4) is 0 Å². The predicted octanol–water partition coefficient (Wildman–Crippen LogP) is 3.59. The summed E-state index contributed by atoms with van der Waals surface area (Å²) in [6.45, 7) is 10.0. The minimum absolute atomic E-state index is 0.195. The highest BCUT2D eigenvalue weighted by molar-refractivity contribution is 5.68. The molecular formula is C16H29NO3. The van der Waals surface area contributed by atoms with Crippen molar-refractivity contribution in [2.75, 3.05) is 19.7 Å². The zero-order chi connectivity index (χ0) is 14.8. The Bertz CT molecular complexity index is 344. The van der Waals surface area contributed by atoms with Crippen LogP contribution in [0.15, 0.2) is 0 Å². The smallest absolute Gasteiger partial charge is 0.410 e. The number of amides is 1. The topological polar surface area (TPSA) is 38.8 Å². The third kappa shape index (κ3) is 4.37. The van der Waals surface area contributed by atoms with Crippen LogP contribution in [0.4, 0.5) is 4.79 Å². The summed E-state index contributed by atoms with van der Waals surface area (Å²) in [6, 6.07) is 0. The highest BCUT2D eigenvalue weighted by atomic mass is 16.6. The van der Waals surface area contributed by atoms with Gasteiger partial charge in [-0.15, -0.1) is 0 Å². The zero-order valence-corrected chi connectivity index (χ0v) is 13.4. The van der Waals surface area contributed by atoms with Crippen LogP contribution in [0.1, 0.15) is 59.8 Å². The fourth-order valence-corrected chi connectivity index (χ4v) is 3.03. The van der Waals surface area contributed by atoms with Crippen LogP contribution >= 0.6 is 0 Å². The number of ether oxygens (including phenoxy) is 2. The molecule has 2 aliphatic rings. The molecule has 0 aromatic rings. The molecule has 116 valence electrons. The normalized spacial score (nSPS) is 28.1. The summed E-state index contributed by atoms with van der Waals surface area (Å²) in [5, 5.41) is 0. The molecule has 0 N–H and O–H groups in total. The van der Waals surface area contributed by atoms with E-state index in [1.807, 2.05) is 20.8 Å². The summed E-state index contributed by atoms with van der Waals surface area (Å²) in [5.41, 5.74) is -0.625. The third-order valence-corrected chi connectivity index (χ3v) is 4.23. The van der Waals surface area contributed by atoms with E-state index in [4.69, 9.17) is 9.47 Å². The fourth-order valence-electron chi connectivity index (χ4n) is 3.03. The van der Waals surface area contributed by atoms with Crippen molar-refractivity contribution in [1.82, 2.24) is 4.90 Å². The Balaban J connectivity index is 1.79. The minimum atomic E-state index is -0.430. The number of carbonyl (C=O) groups excluding carboxylic acids is 1. The Kier molecular flexibility index (Phi) is 4.62. The molecule has 0 radical (unpaired) electrons. The third-order valence-electron chi connectivity index (χ3n) is 4.23.